The third-order valence-electron chi connectivity index (χ3n) is 6.27. The Hall–Kier alpha value is -3.08. The Morgan fingerprint density at radius 1 is 1.03 bits per heavy atom. The molecule has 5 rings (SSSR count). The number of anilines is 1. The second kappa shape index (κ2) is 7.63. The number of ether oxygens (including phenoxy) is 1. The van der Waals surface area contributed by atoms with E-state index in [1.165, 1.54) is 12.0 Å². The smallest absolute Gasteiger partial charge is 0.338 e. The van der Waals surface area contributed by atoms with Gasteiger partial charge in [-0.25, -0.2) is 9.78 Å². The fraction of sp³-hybridized carbons (Fsp3) is 0.360. The van der Waals surface area contributed by atoms with Gasteiger partial charge in [-0.2, -0.15) is 0 Å². The number of imidazole rings is 1. The van der Waals surface area contributed by atoms with Gasteiger partial charge in [-0.3, -0.25) is 4.57 Å². The van der Waals surface area contributed by atoms with E-state index in [1.54, 1.807) is 0 Å². The molecule has 1 saturated carbocycles. The minimum Gasteiger partial charge on any atom is -0.459 e. The van der Waals surface area contributed by atoms with Crippen LogP contribution in [-0.4, -0.2) is 21.6 Å². The Balaban J connectivity index is 1.62. The van der Waals surface area contributed by atoms with Crippen LogP contribution in [0.25, 0.3) is 11.0 Å². The summed E-state index contributed by atoms with van der Waals surface area (Å²) in [4.78, 5) is 18.2. The highest BCUT2D eigenvalue weighted by Crippen LogP contribution is 2.40. The molecule has 1 atom stereocenters. The molecule has 0 amide bonds. The lowest BCUT2D eigenvalue weighted by Crippen LogP contribution is -2.31. The van der Waals surface area contributed by atoms with Crippen molar-refractivity contribution in [2.45, 2.75) is 58.1 Å². The van der Waals surface area contributed by atoms with Crippen molar-refractivity contribution >= 4 is 23.0 Å². The Kier molecular flexibility index (Phi) is 4.81. The molecule has 0 saturated heterocycles. The first kappa shape index (κ1) is 18.9. The summed E-state index contributed by atoms with van der Waals surface area (Å²) in [5.41, 5.74) is 5.63. The molecule has 1 N–H and O–H groups in total. The van der Waals surface area contributed by atoms with Crippen LogP contribution < -0.4 is 5.32 Å². The Bertz CT molecular complexity index is 1120. The molecule has 5 heteroatoms. The first-order valence-electron chi connectivity index (χ1n) is 10.8. The minimum absolute atomic E-state index is 0.0196. The summed E-state index contributed by atoms with van der Waals surface area (Å²) < 4.78 is 8.14. The monoisotopic (exact) mass is 401 g/mol. The summed E-state index contributed by atoms with van der Waals surface area (Å²) in [7, 11) is 0. The van der Waals surface area contributed by atoms with E-state index < -0.39 is 0 Å². The van der Waals surface area contributed by atoms with Gasteiger partial charge >= 0.3 is 5.97 Å². The van der Waals surface area contributed by atoms with Crippen LogP contribution in [0.4, 0.5) is 5.95 Å². The molecule has 3 aromatic rings. The number of benzene rings is 2. The third kappa shape index (κ3) is 3.28. The molecule has 1 aliphatic carbocycles. The number of carbonyl (C=O) groups excluding carboxylic acids is 1. The number of hydrogen-bond donors (Lipinski definition) is 1. The van der Waals surface area contributed by atoms with Gasteiger partial charge in [0.2, 0.25) is 5.95 Å². The Morgan fingerprint density at radius 3 is 2.53 bits per heavy atom. The Labute approximate surface area is 176 Å². The number of nitrogens with zero attached hydrogens (tertiary/aromatic N) is 2. The zero-order valence-corrected chi connectivity index (χ0v) is 17.5. The molecule has 0 spiro atoms. The van der Waals surface area contributed by atoms with Crippen molar-refractivity contribution in [2.24, 2.45) is 0 Å². The van der Waals surface area contributed by atoms with Crippen LogP contribution in [0.2, 0.25) is 0 Å². The van der Waals surface area contributed by atoms with E-state index in [0.717, 1.165) is 53.9 Å². The number of hydrogen-bond acceptors (Lipinski definition) is 4. The van der Waals surface area contributed by atoms with Gasteiger partial charge in [-0.1, -0.05) is 48.4 Å². The number of aromatic nitrogens is 2. The number of rotatable bonds is 3. The fourth-order valence-corrected chi connectivity index (χ4v) is 4.69. The summed E-state index contributed by atoms with van der Waals surface area (Å²) in [5, 5.41) is 3.36. The molecule has 0 bridgehead atoms. The van der Waals surface area contributed by atoms with E-state index in [2.05, 4.69) is 47.1 Å². The molecule has 154 valence electrons. The molecule has 1 aromatic heterocycles. The van der Waals surface area contributed by atoms with E-state index in [-0.39, 0.29) is 18.1 Å². The molecular formula is C25H27N3O2. The molecule has 5 nitrogen and oxygen atoms in total. The van der Waals surface area contributed by atoms with Gasteiger partial charge < -0.3 is 10.1 Å². The number of esters is 1. The molecule has 1 aliphatic heterocycles. The second-order valence-corrected chi connectivity index (χ2v) is 8.44. The maximum absolute atomic E-state index is 13.4. The topological polar surface area (TPSA) is 56.2 Å². The number of fused-ring (bicyclic) bond motifs is 3. The van der Waals surface area contributed by atoms with Gasteiger partial charge in [0.15, 0.2) is 0 Å². The first-order valence-corrected chi connectivity index (χ1v) is 10.8. The van der Waals surface area contributed by atoms with Crippen LogP contribution in [0.3, 0.4) is 0 Å². The third-order valence-corrected chi connectivity index (χ3v) is 6.27. The molecule has 1 fully saturated rings. The van der Waals surface area contributed by atoms with E-state index in [4.69, 9.17) is 9.72 Å². The van der Waals surface area contributed by atoms with Crippen LogP contribution in [0.5, 0.6) is 0 Å². The summed E-state index contributed by atoms with van der Waals surface area (Å²) in [6.45, 7) is 4.02. The summed E-state index contributed by atoms with van der Waals surface area (Å²) in [6, 6.07) is 16.2. The largest absolute Gasteiger partial charge is 0.459 e. The lowest BCUT2D eigenvalue weighted by molar-refractivity contribution is -0.146. The lowest BCUT2D eigenvalue weighted by atomic mass is 9.93. The van der Waals surface area contributed by atoms with Crippen molar-refractivity contribution in [2.75, 3.05) is 5.32 Å². The normalized spacial score (nSPS) is 19.5. The zero-order valence-electron chi connectivity index (χ0n) is 17.5. The standard InChI is InChI=1S/C25H27N3O2/c1-16-12-14-18(15-13-16)23-22(24(29)30-19-8-4-3-5-9-19)17(2)26-25-27-20-10-6-7-11-21(20)28(23)25/h6-7,10-15,19,23H,3-5,8-9H2,1-2H3,(H,26,27)/t23-/m1/s1. The highest BCUT2D eigenvalue weighted by molar-refractivity contribution is 5.94. The van der Waals surface area contributed by atoms with Crippen molar-refractivity contribution in [3.8, 4) is 0 Å². The van der Waals surface area contributed by atoms with Gasteiger partial charge in [0.05, 0.1) is 22.6 Å². The minimum atomic E-state index is -0.273. The van der Waals surface area contributed by atoms with Crippen molar-refractivity contribution < 1.29 is 9.53 Å². The molecule has 2 heterocycles. The molecule has 2 aromatic carbocycles. The van der Waals surface area contributed by atoms with E-state index >= 15 is 0 Å². The average Bonchev–Trinajstić information content (AvgIpc) is 3.12. The van der Waals surface area contributed by atoms with Gasteiger partial charge in [0, 0.05) is 5.70 Å². The maximum atomic E-state index is 13.4. The predicted molar refractivity (Wildman–Crippen MR) is 118 cm³/mol. The summed E-state index contributed by atoms with van der Waals surface area (Å²) in [5.74, 6) is 0.536. The van der Waals surface area contributed by atoms with Gasteiger partial charge in [0.1, 0.15) is 6.10 Å². The first-order chi connectivity index (χ1) is 14.6. The second-order valence-electron chi connectivity index (χ2n) is 8.44. The van der Waals surface area contributed by atoms with E-state index in [9.17, 15) is 4.79 Å². The van der Waals surface area contributed by atoms with Crippen molar-refractivity contribution in [1.29, 1.82) is 0 Å². The number of para-hydroxylation sites is 2. The van der Waals surface area contributed by atoms with Crippen molar-refractivity contribution in [3.05, 3.63) is 70.9 Å². The highest BCUT2D eigenvalue weighted by atomic mass is 16.5. The molecular weight excluding hydrogens is 374 g/mol. The van der Waals surface area contributed by atoms with Crippen LogP contribution >= 0.6 is 0 Å². The highest BCUT2D eigenvalue weighted by Gasteiger charge is 2.35. The van der Waals surface area contributed by atoms with Gasteiger partial charge in [-0.05, 0) is 57.2 Å². The summed E-state index contributed by atoms with van der Waals surface area (Å²) in [6.07, 6.45) is 5.43. The number of carbonyl (C=O) groups is 1. The number of aryl methyl sites for hydroxylation is 1. The van der Waals surface area contributed by atoms with Crippen LogP contribution in [0, 0.1) is 6.92 Å². The number of nitrogens with one attached hydrogen (secondary N) is 1. The van der Waals surface area contributed by atoms with Crippen LogP contribution in [0.15, 0.2) is 59.8 Å². The SMILES string of the molecule is CC1=C(C(=O)OC2CCCCC2)[C@@H](c2ccc(C)cc2)n2c(nc3ccccc32)N1. The summed E-state index contributed by atoms with van der Waals surface area (Å²) >= 11 is 0. The quantitative estimate of drug-likeness (QED) is 0.588. The lowest BCUT2D eigenvalue weighted by Gasteiger charge is -2.31. The Morgan fingerprint density at radius 2 is 1.77 bits per heavy atom. The maximum Gasteiger partial charge on any atom is 0.338 e. The average molecular weight is 402 g/mol. The molecule has 2 aliphatic rings. The van der Waals surface area contributed by atoms with Gasteiger partial charge in [-0.15, -0.1) is 0 Å². The van der Waals surface area contributed by atoms with Crippen molar-refractivity contribution in [1.82, 2.24) is 9.55 Å². The predicted octanol–water partition coefficient (Wildman–Crippen LogP) is 5.51. The van der Waals surface area contributed by atoms with Crippen LogP contribution in [0.1, 0.15) is 56.2 Å². The molecule has 30 heavy (non-hydrogen) atoms. The fourth-order valence-electron chi connectivity index (χ4n) is 4.69. The van der Waals surface area contributed by atoms with E-state index in [1.807, 2.05) is 25.1 Å². The van der Waals surface area contributed by atoms with Crippen molar-refractivity contribution in [3.63, 3.8) is 0 Å². The number of allylic oxidation sites excluding steroid dienone is 1. The van der Waals surface area contributed by atoms with E-state index in [0.29, 0.717) is 5.57 Å². The van der Waals surface area contributed by atoms with Crippen LogP contribution in [-0.2, 0) is 9.53 Å². The molecule has 0 unspecified atom stereocenters. The molecule has 0 radical (unpaired) electrons. The zero-order chi connectivity index (χ0) is 20.7. The van der Waals surface area contributed by atoms with Gasteiger partial charge in [0.25, 0.3) is 0 Å².